The number of hydrogen-bond donors (Lipinski definition) is 1. The van der Waals surface area contributed by atoms with Crippen molar-refractivity contribution < 1.29 is 29.0 Å². The first-order valence-corrected chi connectivity index (χ1v) is 14.5. The minimum atomic E-state index is -1.93. The summed E-state index contributed by atoms with van der Waals surface area (Å²) in [4.78, 5) is 53.3. The molecular weight excluding hydrogens is 635 g/mol. The maximum absolute atomic E-state index is 14.0. The maximum atomic E-state index is 14.0. The van der Waals surface area contributed by atoms with Crippen molar-refractivity contribution in [1.29, 1.82) is 0 Å². The number of phenolic OH excluding ortho intramolecular Hbond substituents is 1. The largest absolute Gasteiger partial charge is 0.503 e. The Labute approximate surface area is 254 Å². The van der Waals surface area contributed by atoms with E-state index < -0.39 is 51.1 Å². The fraction of sp³-hybridized carbons (Fsp3) is 0.333. The Morgan fingerprint density at radius 3 is 2.39 bits per heavy atom. The average molecular weight is 660 g/mol. The van der Waals surface area contributed by atoms with Gasteiger partial charge in [-0.1, -0.05) is 36.4 Å². The fourth-order valence-electron chi connectivity index (χ4n) is 7.05. The van der Waals surface area contributed by atoms with Gasteiger partial charge < -0.3 is 9.84 Å². The first-order chi connectivity index (χ1) is 19.4. The maximum Gasteiger partial charge on any atom is 0.253 e. The van der Waals surface area contributed by atoms with Crippen LogP contribution in [0.4, 0.5) is 5.69 Å². The number of halogens is 3. The van der Waals surface area contributed by atoms with E-state index in [2.05, 4.69) is 22.5 Å². The highest BCUT2D eigenvalue weighted by Crippen LogP contribution is 2.65. The standard InChI is InChI=1S/C30H25BrCl2N2O6/c1-4-14-5-7-16(8-6-14)35-25(37)18-10-9-17-19(22(18)26(35)38)13-29(32)27(39)34(2)28(40)30(29,33)23(17)15-11-20(31)24(36)21(12-15)41-3/h4-9,11-12,18-19,22-23,36H,1,10,13H2,2-3H3/t18-,19+,22-,23-,29+,30-/m0/s1. The molecule has 0 aromatic heterocycles. The molecule has 2 aromatic rings. The molecule has 3 fully saturated rings. The molecule has 212 valence electrons. The number of phenols is 1. The molecule has 1 saturated carbocycles. The molecule has 11 heteroatoms. The second-order valence-corrected chi connectivity index (χ2v) is 13.0. The number of alkyl halides is 2. The molecular formula is C30H25BrCl2N2O6. The van der Waals surface area contributed by atoms with Gasteiger partial charge in [-0.25, -0.2) is 0 Å². The van der Waals surface area contributed by atoms with Gasteiger partial charge in [-0.15, -0.1) is 23.2 Å². The van der Waals surface area contributed by atoms with Crippen LogP contribution in [-0.2, 0) is 19.2 Å². The number of ether oxygens (including phenoxy) is 1. The zero-order valence-corrected chi connectivity index (χ0v) is 25.2. The van der Waals surface area contributed by atoms with E-state index in [-0.39, 0.29) is 34.7 Å². The molecule has 6 atom stereocenters. The summed E-state index contributed by atoms with van der Waals surface area (Å²) in [6, 6.07) is 10.1. The molecule has 2 heterocycles. The lowest BCUT2D eigenvalue weighted by Crippen LogP contribution is -2.60. The topological polar surface area (TPSA) is 104 Å². The molecule has 0 bridgehead atoms. The van der Waals surface area contributed by atoms with E-state index in [1.807, 2.05) is 6.08 Å². The third kappa shape index (κ3) is 3.58. The highest BCUT2D eigenvalue weighted by Gasteiger charge is 2.76. The van der Waals surface area contributed by atoms with Crippen LogP contribution in [0.25, 0.3) is 6.08 Å². The average Bonchev–Trinajstić information content (AvgIpc) is 3.29. The zero-order chi connectivity index (χ0) is 29.6. The molecule has 6 rings (SSSR count). The summed E-state index contributed by atoms with van der Waals surface area (Å²) in [5, 5.41) is 10.5. The molecule has 2 aromatic carbocycles. The minimum Gasteiger partial charge on any atom is -0.503 e. The van der Waals surface area contributed by atoms with Gasteiger partial charge in [0.1, 0.15) is 0 Å². The van der Waals surface area contributed by atoms with Crippen LogP contribution in [0.15, 0.2) is 59.1 Å². The predicted octanol–water partition coefficient (Wildman–Crippen LogP) is 5.00. The Morgan fingerprint density at radius 2 is 1.76 bits per heavy atom. The number of amides is 4. The number of carbonyl (C=O) groups excluding carboxylic acids is 4. The molecule has 1 N–H and O–H groups in total. The Balaban J connectivity index is 1.52. The summed E-state index contributed by atoms with van der Waals surface area (Å²) in [7, 11) is 2.72. The Bertz CT molecular complexity index is 1590. The van der Waals surface area contributed by atoms with Crippen LogP contribution < -0.4 is 9.64 Å². The van der Waals surface area contributed by atoms with Gasteiger partial charge in [0.15, 0.2) is 21.2 Å². The molecule has 2 aliphatic heterocycles. The summed E-state index contributed by atoms with van der Waals surface area (Å²) in [6.45, 7) is 3.74. The van der Waals surface area contributed by atoms with Crippen LogP contribution in [0.1, 0.15) is 29.9 Å². The van der Waals surface area contributed by atoms with Gasteiger partial charge in [0, 0.05) is 13.0 Å². The van der Waals surface area contributed by atoms with Crippen LogP contribution in [0, 0.1) is 17.8 Å². The number of imide groups is 2. The minimum absolute atomic E-state index is 0.102. The molecule has 0 radical (unpaired) electrons. The molecule has 2 saturated heterocycles. The number of hydrogen-bond acceptors (Lipinski definition) is 6. The SMILES string of the molecule is C=Cc1ccc(N2C(=O)[C@H]3[C@H](CC=C4[C@H]3C[C@@]3(Cl)C(=O)N(C)C(=O)[C@@]3(Cl)[C@H]4c3cc(Br)c(O)c(OC)c3)C2=O)cc1. The lowest BCUT2D eigenvalue weighted by molar-refractivity contribution is -0.138. The second kappa shape index (κ2) is 9.44. The lowest BCUT2D eigenvalue weighted by atomic mass is 9.56. The van der Waals surface area contributed by atoms with Crippen molar-refractivity contribution in [3.05, 3.63) is 70.2 Å². The highest BCUT2D eigenvalue weighted by atomic mass is 79.9. The second-order valence-electron chi connectivity index (χ2n) is 10.9. The zero-order valence-electron chi connectivity index (χ0n) is 22.1. The van der Waals surface area contributed by atoms with Crippen molar-refractivity contribution in [3.63, 3.8) is 0 Å². The summed E-state index contributed by atoms with van der Waals surface area (Å²) in [5.41, 5.74) is 2.40. The van der Waals surface area contributed by atoms with Gasteiger partial charge in [-0.05, 0) is 70.1 Å². The number of allylic oxidation sites excluding steroid dienone is 2. The van der Waals surface area contributed by atoms with E-state index in [9.17, 15) is 24.3 Å². The summed E-state index contributed by atoms with van der Waals surface area (Å²) >= 11 is 17.7. The van der Waals surface area contributed by atoms with E-state index in [0.717, 1.165) is 10.5 Å². The Kier molecular flexibility index (Phi) is 6.45. The molecule has 0 spiro atoms. The summed E-state index contributed by atoms with van der Waals surface area (Å²) in [5.74, 6) is -5.16. The van der Waals surface area contributed by atoms with Gasteiger partial charge in [-0.3, -0.25) is 29.0 Å². The fourth-order valence-corrected chi connectivity index (χ4v) is 8.53. The normalized spacial score (nSPS) is 32.5. The van der Waals surface area contributed by atoms with Crippen LogP contribution in [-0.4, -0.2) is 57.5 Å². The van der Waals surface area contributed by atoms with E-state index in [4.69, 9.17) is 27.9 Å². The number of rotatable bonds is 4. The number of nitrogens with zero attached hydrogens (tertiary/aromatic N) is 2. The molecule has 4 aliphatic rings. The highest BCUT2D eigenvalue weighted by molar-refractivity contribution is 9.10. The van der Waals surface area contributed by atoms with E-state index >= 15 is 0 Å². The van der Waals surface area contributed by atoms with Crippen LogP contribution in [0.3, 0.4) is 0 Å². The smallest absolute Gasteiger partial charge is 0.253 e. The van der Waals surface area contributed by atoms with Crippen molar-refractivity contribution in [2.45, 2.75) is 28.5 Å². The van der Waals surface area contributed by atoms with Crippen LogP contribution in [0.2, 0.25) is 0 Å². The van der Waals surface area contributed by atoms with E-state index in [0.29, 0.717) is 16.8 Å². The first kappa shape index (κ1) is 28.0. The number of anilines is 1. The van der Waals surface area contributed by atoms with Gasteiger partial charge in [0.25, 0.3) is 11.8 Å². The summed E-state index contributed by atoms with van der Waals surface area (Å²) in [6.07, 6.45) is 3.67. The van der Waals surface area contributed by atoms with Gasteiger partial charge >= 0.3 is 0 Å². The van der Waals surface area contributed by atoms with Gasteiger partial charge in [-0.2, -0.15) is 0 Å². The molecule has 2 aliphatic carbocycles. The third-order valence-electron chi connectivity index (χ3n) is 9.01. The number of carbonyl (C=O) groups is 4. The lowest BCUT2D eigenvalue weighted by Gasteiger charge is -2.50. The van der Waals surface area contributed by atoms with E-state index in [1.165, 1.54) is 19.1 Å². The van der Waals surface area contributed by atoms with Gasteiger partial charge in [0.05, 0.1) is 29.1 Å². The third-order valence-corrected chi connectivity index (χ3v) is 11.0. The molecule has 41 heavy (non-hydrogen) atoms. The van der Waals surface area contributed by atoms with Crippen molar-refractivity contribution >= 4 is 74.5 Å². The van der Waals surface area contributed by atoms with Crippen LogP contribution >= 0.6 is 39.1 Å². The van der Waals surface area contributed by atoms with Crippen molar-refractivity contribution in [1.82, 2.24) is 4.90 Å². The molecule has 4 amide bonds. The Hall–Kier alpha value is -3.14. The monoisotopic (exact) mass is 658 g/mol. The van der Waals surface area contributed by atoms with Crippen molar-refractivity contribution in [3.8, 4) is 11.5 Å². The first-order valence-electron chi connectivity index (χ1n) is 13.0. The molecule has 8 nitrogen and oxygen atoms in total. The number of benzene rings is 2. The number of fused-ring (bicyclic) bond motifs is 4. The summed E-state index contributed by atoms with van der Waals surface area (Å²) < 4.78 is 5.65. The predicted molar refractivity (Wildman–Crippen MR) is 157 cm³/mol. The van der Waals surface area contributed by atoms with Crippen LogP contribution in [0.5, 0.6) is 11.5 Å². The number of likely N-dealkylation sites (tertiary alicyclic amines) is 1. The van der Waals surface area contributed by atoms with Crippen molar-refractivity contribution in [2.75, 3.05) is 19.1 Å². The Morgan fingerprint density at radius 1 is 1.07 bits per heavy atom. The van der Waals surface area contributed by atoms with Gasteiger partial charge in [0.2, 0.25) is 11.8 Å². The quantitative estimate of drug-likeness (QED) is 0.282. The number of methoxy groups -OCH3 is 1. The van der Waals surface area contributed by atoms with Crippen molar-refractivity contribution in [2.24, 2.45) is 17.8 Å². The molecule has 0 unspecified atom stereocenters. The van der Waals surface area contributed by atoms with E-state index in [1.54, 1.807) is 42.5 Å². The number of aromatic hydroxyl groups is 1.